The third-order valence-corrected chi connectivity index (χ3v) is 2.04. The molecule has 0 saturated heterocycles. The largest absolute Gasteiger partial charge is 0.464 e. The van der Waals surface area contributed by atoms with Crippen molar-refractivity contribution in [3.8, 4) is 18.2 Å². The number of hydrogen-bond acceptors (Lipinski definition) is 7. The van der Waals surface area contributed by atoms with E-state index in [0.717, 1.165) is 7.11 Å². The molecule has 0 aliphatic rings. The van der Waals surface area contributed by atoms with Gasteiger partial charge in [0.25, 0.3) is 0 Å². The quantitative estimate of drug-likeness (QED) is 0.485. The number of benzene rings is 1. The molecule has 0 saturated carbocycles. The lowest BCUT2D eigenvalue weighted by atomic mass is 10.1. The summed E-state index contributed by atoms with van der Waals surface area (Å²) in [5.74, 6) is -0.898. The van der Waals surface area contributed by atoms with Crippen molar-refractivity contribution in [2.45, 2.75) is 0 Å². The van der Waals surface area contributed by atoms with Crippen molar-refractivity contribution in [2.75, 3.05) is 12.5 Å². The van der Waals surface area contributed by atoms with Crippen LogP contribution in [0.2, 0.25) is 0 Å². The van der Waals surface area contributed by atoms with E-state index in [1.165, 1.54) is 18.2 Å². The van der Waals surface area contributed by atoms with Crippen LogP contribution in [0.3, 0.4) is 0 Å². The number of nitrogens with one attached hydrogen (secondary N) is 1. The molecular weight excluding hydrogens is 246 g/mol. The van der Waals surface area contributed by atoms with Crippen molar-refractivity contribution in [2.24, 2.45) is 5.10 Å². The molecular formula is C12H7N5O2. The zero-order valence-corrected chi connectivity index (χ0v) is 9.84. The Hall–Kier alpha value is -3.37. The zero-order valence-electron chi connectivity index (χ0n) is 9.84. The molecule has 1 N–H and O–H groups in total. The van der Waals surface area contributed by atoms with Crippen molar-refractivity contribution in [3.63, 3.8) is 0 Å². The molecule has 0 amide bonds. The molecule has 19 heavy (non-hydrogen) atoms. The highest BCUT2D eigenvalue weighted by Crippen LogP contribution is 2.16. The van der Waals surface area contributed by atoms with Crippen LogP contribution in [0, 0.1) is 34.0 Å². The molecule has 0 spiro atoms. The van der Waals surface area contributed by atoms with Gasteiger partial charge in [-0.3, -0.25) is 5.43 Å². The topological polar surface area (TPSA) is 122 Å². The zero-order chi connectivity index (χ0) is 14.3. The smallest absolute Gasteiger partial charge is 0.369 e. The van der Waals surface area contributed by atoms with E-state index >= 15 is 0 Å². The monoisotopic (exact) mass is 253 g/mol. The number of hydrazone groups is 1. The average Bonchev–Trinajstić information content (AvgIpc) is 2.47. The number of esters is 1. The van der Waals surface area contributed by atoms with Gasteiger partial charge in [-0.05, 0) is 18.2 Å². The molecule has 0 heterocycles. The molecule has 7 nitrogen and oxygen atoms in total. The number of anilines is 1. The summed E-state index contributed by atoms with van der Waals surface area (Å²) in [4.78, 5) is 11.1. The van der Waals surface area contributed by atoms with E-state index in [1.54, 1.807) is 6.07 Å². The Bertz CT molecular complexity index is 658. The molecule has 0 fully saturated rings. The molecule has 0 aliphatic carbocycles. The second-order valence-corrected chi connectivity index (χ2v) is 3.16. The molecule has 0 bridgehead atoms. The van der Waals surface area contributed by atoms with Gasteiger partial charge in [-0.2, -0.15) is 20.9 Å². The van der Waals surface area contributed by atoms with Crippen molar-refractivity contribution >= 4 is 17.4 Å². The maximum atomic E-state index is 11.1. The van der Waals surface area contributed by atoms with E-state index in [1.807, 2.05) is 12.1 Å². The second-order valence-electron chi connectivity index (χ2n) is 3.16. The van der Waals surface area contributed by atoms with Crippen molar-refractivity contribution in [1.29, 1.82) is 15.8 Å². The summed E-state index contributed by atoms with van der Waals surface area (Å²) in [5.41, 5.74) is 2.66. The van der Waals surface area contributed by atoms with Crippen LogP contribution >= 0.6 is 0 Å². The normalized spacial score (nSPS) is 9.68. The molecule has 0 aromatic heterocycles. The van der Waals surface area contributed by atoms with E-state index in [-0.39, 0.29) is 11.3 Å². The Morgan fingerprint density at radius 3 is 2.58 bits per heavy atom. The van der Waals surface area contributed by atoms with Gasteiger partial charge in [0.05, 0.1) is 30.0 Å². The number of methoxy groups -OCH3 is 1. The maximum Gasteiger partial charge on any atom is 0.369 e. The molecule has 0 radical (unpaired) electrons. The highest BCUT2D eigenvalue weighted by atomic mass is 16.5. The molecule has 1 rings (SSSR count). The number of rotatable bonds is 3. The van der Waals surface area contributed by atoms with Crippen LogP contribution in [0.15, 0.2) is 23.3 Å². The minimum absolute atomic E-state index is 0.221. The summed E-state index contributed by atoms with van der Waals surface area (Å²) >= 11 is 0. The highest BCUT2D eigenvalue weighted by molar-refractivity contribution is 6.43. The van der Waals surface area contributed by atoms with Crippen LogP contribution in [0.1, 0.15) is 11.1 Å². The minimum Gasteiger partial charge on any atom is -0.464 e. The van der Waals surface area contributed by atoms with Crippen LogP contribution in [0.4, 0.5) is 5.69 Å². The molecule has 7 heteroatoms. The van der Waals surface area contributed by atoms with Gasteiger partial charge in [0, 0.05) is 0 Å². The summed E-state index contributed by atoms with van der Waals surface area (Å²) in [7, 11) is 1.12. The fourth-order valence-electron chi connectivity index (χ4n) is 1.13. The molecule has 0 atom stereocenters. The van der Waals surface area contributed by atoms with Crippen molar-refractivity contribution < 1.29 is 9.53 Å². The Kier molecular flexibility index (Phi) is 4.60. The molecule has 1 aromatic carbocycles. The summed E-state index contributed by atoms with van der Waals surface area (Å²) in [6.45, 7) is 0. The standard InChI is InChI=1S/C12H7N5O2/c1-19-12(18)11(7-15)17-16-10-4-8(5-13)2-3-9(10)6-14/h2-4,16H,1H3/b17-11-. The number of carbonyl (C=O) groups is 1. The van der Waals surface area contributed by atoms with Gasteiger partial charge >= 0.3 is 5.97 Å². The maximum absolute atomic E-state index is 11.1. The van der Waals surface area contributed by atoms with E-state index in [0.29, 0.717) is 5.56 Å². The van der Waals surface area contributed by atoms with Crippen LogP contribution in [-0.4, -0.2) is 18.8 Å². The molecule has 0 unspecified atom stereocenters. The first-order chi connectivity index (χ1) is 9.15. The lowest BCUT2D eigenvalue weighted by Gasteiger charge is -2.03. The number of carbonyl (C=O) groups excluding carboxylic acids is 1. The average molecular weight is 253 g/mol. The lowest BCUT2D eigenvalue weighted by Crippen LogP contribution is -2.15. The molecule has 1 aromatic rings. The van der Waals surface area contributed by atoms with Crippen molar-refractivity contribution in [1.82, 2.24) is 0 Å². The van der Waals surface area contributed by atoms with Gasteiger partial charge in [-0.15, -0.1) is 0 Å². The number of nitrogens with zero attached hydrogens (tertiary/aromatic N) is 4. The van der Waals surface area contributed by atoms with E-state index in [4.69, 9.17) is 15.8 Å². The number of hydrogen-bond donors (Lipinski definition) is 1. The van der Waals surface area contributed by atoms with Crippen LogP contribution < -0.4 is 5.43 Å². The fourth-order valence-corrected chi connectivity index (χ4v) is 1.13. The van der Waals surface area contributed by atoms with Gasteiger partial charge < -0.3 is 4.74 Å². The Morgan fingerprint density at radius 2 is 2.05 bits per heavy atom. The van der Waals surface area contributed by atoms with Crippen molar-refractivity contribution in [3.05, 3.63) is 29.3 Å². The molecule has 0 aliphatic heterocycles. The Balaban J connectivity index is 3.10. The second kappa shape index (κ2) is 6.39. The van der Waals surface area contributed by atoms with Gasteiger partial charge in [-0.1, -0.05) is 0 Å². The Morgan fingerprint density at radius 1 is 1.32 bits per heavy atom. The SMILES string of the molecule is COC(=O)/C(C#N)=N\Nc1cc(C#N)ccc1C#N. The summed E-state index contributed by atoms with van der Waals surface area (Å²) in [6.07, 6.45) is 0. The van der Waals surface area contributed by atoms with Gasteiger partial charge in [-0.25, -0.2) is 4.79 Å². The lowest BCUT2D eigenvalue weighted by molar-refractivity contribution is -0.132. The number of ether oxygens (including phenoxy) is 1. The third kappa shape index (κ3) is 3.29. The first-order valence-electron chi connectivity index (χ1n) is 4.92. The van der Waals surface area contributed by atoms with Gasteiger partial charge in [0.2, 0.25) is 5.71 Å². The third-order valence-electron chi connectivity index (χ3n) is 2.04. The highest BCUT2D eigenvalue weighted by Gasteiger charge is 2.11. The van der Waals surface area contributed by atoms with Crippen LogP contribution in [0.25, 0.3) is 0 Å². The molecule has 92 valence electrons. The van der Waals surface area contributed by atoms with Crippen LogP contribution in [0.5, 0.6) is 0 Å². The minimum atomic E-state index is -0.898. The first kappa shape index (κ1) is 13.7. The summed E-state index contributed by atoms with van der Waals surface area (Å²) in [5, 5.41) is 29.9. The predicted molar refractivity (Wildman–Crippen MR) is 64.6 cm³/mol. The van der Waals surface area contributed by atoms with Gasteiger partial charge in [0.1, 0.15) is 12.1 Å². The van der Waals surface area contributed by atoms with E-state index < -0.39 is 11.7 Å². The first-order valence-corrected chi connectivity index (χ1v) is 4.92. The fraction of sp³-hybridized carbons (Fsp3) is 0.0833. The Labute approximate surface area is 108 Å². The number of nitriles is 3. The van der Waals surface area contributed by atoms with E-state index in [9.17, 15) is 4.79 Å². The van der Waals surface area contributed by atoms with Gasteiger partial charge in [0.15, 0.2) is 0 Å². The summed E-state index contributed by atoms with van der Waals surface area (Å²) in [6, 6.07) is 9.63. The van der Waals surface area contributed by atoms with E-state index in [2.05, 4.69) is 15.3 Å². The summed E-state index contributed by atoms with van der Waals surface area (Å²) < 4.78 is 4.34. The van der Waals surface area contributed by atoms with Crippen LogP contribution in [-0.2, 0) is 9.53 Å². The predicted octanol–water partition coefficient (Wildman–Crippen LogP) is 0.894.